The zero-order valence-corrected chi connectivity index (χ0v) is 21.7. The third-order valence-corrected chi connectivity index (χ3v) is 7.09. The fourth-order valence-corrected chi connectivity index (χ4v) is 4.93. The van der Waals surface area contributed by atoms with E-state index in [-0.39, 0.29) is 25.0 Å². The lowest BCUT2D eigenvalue weighted by Crippen LogP contribution is -2.29. The second-order valence-corrected chi connectivity index (χ2v) is 9.68. The Morgan fingerprint density at radius 2 is 1.68 bits per heavy atom. The van der Waals surface area contributed by atoms with Crippen LogP contribution < -0.4 is 9.47 Å². The molecule has 7 heteroatoms. The number of aryl methyl sites for hydroxylation is 1. The summed E-state index contributed by atoms with van der Waals surface area (Å²) in [6.07, 6.45) is 5.56. The molecular weight excluding hydrogens is 470 g/mol. The highest BCUT2D eigenvalue weighted by molar-refractivity contribution is 5.94. The Bertz CT molecular complexity index is 1190. The minimum absolute atomic E-state index is 0.0882. The first kappa shape index (κ1) is 26.3. The number of carbonyl (C=O) groups excluding carboxylic acids is 1. The van der Waals surface area contributed by atoms with Crippen LogP contribution in [0.15, 0.2) is 59.0 Å². The van der Waals surface area contributed by atoms with Gasteiger partial charge in [-0.05, 0) is 74.4 Å². The average Bonchev–Trinajstić information content (AvgIpc) is 3.31. The summed E-state index contributed by atoms with van der Waals surface area (Å²) in [5.41, 5.74) is 2.52. The quantitative estimate of drug-likeness (QED) is 0.338. The van der Waals surface area contributed by atoms with Crippen molar-refractivity contribution in [2.45, 2.75) is 51.6 Å². The molecule has 1 unspecified atom stereocenters. The van der Waals surface area contributed by atoms with E-state index in [0.717, 1.165) is 41.2 Å². The largest absolute Gasteiger partial charge is 0.497 e. The molecule has 1 aliphatic rings. The minimum Gasteiger partial charge on any atom is -0.497 e. The van der Waals surface area contributed by atoms with E-state index in [1.807, 2.05) is 43.3 Å². The zero-order chi connectivity index (χ0) is 26.4. The lowest BCUT2D eigenvalue weighted by molar-refractivity contribution is -0.137. The predicted octanol–water partition coefficient (Wildman–Crippen LogP) is 6.51. The van der Waals surface area contributed by atoms with Crippen LogP contribution in [0.4, 0.5) is 0 Å². The molecule has 1 saturated carbocycles. The average molecular weight is 506 g/mol. The van der Waals surface area contributed by atoms with Gasteiger partial charge in [0.1, 0.15) is 29.1 Å². The highest BCUT2D eigenvalue weighted by Crippen LogP contribution is 2.41. The molecule has 1 fully saturated rings. The number of ether oxygens (including phenoxy) is 2. The van der Waals surface area contributed by atoms with Gasteiger partial charge < -0.3 is 23.9 Å². The molecule has 0 radical (unpaired) electrons. The molecule has 1 amide bonds. The van der Waals surface area contributed by atoms with E-state index in [1.54, 1.807) is 26.3 Å². The summed E-state index contributed by atoms with van der Waals surface area (Å²) in [6.45, 7) is 2.14. The number of furan rings is 1. The van der Waals surface area contributed by atoms with E-state index < -0.39 is 5.97 Å². The van der Waals surface area contributed by atoms with E-state index in [2.05, 4.69) is 6.07 Å². The van der Waals surface area contributed by atoms with Crippen LogP contribution in [0.25, 0.3) is 11.3 Å². The van der Waals surface area contributed by atoms with Crippen molar-refractivity contribution >= 4 is 11.9 Å². The summed E-state index contributed by atoms with van der Waals surface area (Å²) in [4.78, 5) is 24.9. The van der Waals surface area contributed by atoms with Gasteiger partial charge in [-0.15, -0.1) is 0 Å². The zero-order valence-electron chi connectivity index (χ0n) is 21.7. The van der Waals surface area contributed by atoms with Gasteiger partial charge in [0.05, 0.1) is 13.5 Å². The number of carboxylic acid groups (broad SMARTS) is 1. The maximum atomic E-state index is 12.7. The lowest BCUT2D eigenvalue weighted by atomic mass is 9.82. The van der Waals surface area contributed by atoms with E-state index in [1.165, 1.54) is 24.2 Å². The Morgan fingerprint density at radius 3 is 2.30 bits per heavy atom. The number of hydrogen-bond donors (Lipinski definition) is 1. The van der Waals surface area contributed by atoms with Gasteiger partial charge in [-0.2, -0.15) is 0 Å². The molecule has 4 rings (SSSR count). The summed E-state index contributed by atoms with van der Waals surface area (Å²) in [7, 11) is 3.26. The SMILES string of the molecule is COc1ccc(-c2cc(C(Oc3ccc(C(=O)N(C)CCC(=O)O)cc3)C3CCCCC3)c(C)o2)cc1. The molecule has 1 heterocycles. The molecule has 196 valence electrons. The second-order valence-electron chi connectivity index (χ2n) is 9.68. The lowest BCUT2D eigenvalue weighted by Gasteiger charge is -2.30. The van der Waals surface area contributed by atoms with E-state index in [9.17, 15) is 9.59 Å². The van der Waals surface area contributed by atoms with E-state index in [4.69, 9.17) is 19.0 Å². The van der Waals surface area contributed by atoms with Crippen LogP contribution in [0.2, 0.25) is 0 Å². The van der Waals surface area contributed by atoms with Crippen molar-refractivity contribution in [2.24, 2.45) is 5.92 Å². The van der Waals surface area contributed by atoms with Crippen molar-refractivity contribution in [3.05, 3.63) is 71.5 Å². The van der Waals surface area contributed by atoms with Gasteiger partial charge in [-0.1, -0.05) is 19.3 Å². The number of aliphatic carboxylic acids is 1. The number of hydrogen-bond acceptors (Lipinski definition) is 5. The molecular formula is C30H35NO6. The summed E-state index contributed by atoms with van der Waals surface area (Å²) < 4.78 is 18.1. The fourth-order valence-electron chi connectivity index (χ4n) is 4.93. The summed E-state index contributed by atoms with van der Waals surface area (Å²) in [6, 6.07) is 17.0. The molecule has 0 saturated heterocycles. The number of carboxylic acids is 1. The highest BCUT2D eigenvalue weighted by atomic mass is 16.5. The molecule has 7 nitrogen and oxygen atoms in total. The smallest absolute Gasteiger partial charge is 0.305 e. The van der Waals surface area contributed by atoms with Gasteiger partial charge in [0.2, 0.25) is 0 Å². The molecule has 1 atom stereocenters. The standard InChI is InChI=1S/C30H35NO6/c1-20-26(19-27(36-20)21-9-13-24(35-3)14-10-21)29(22-7-5-4-6-8-22)37-25-15-11-23(12-16-25)30(34)31(2)18-17-28(32)33/h9-16,19,22,29H,4-8,17-18H2,1-3H3,(H,32,33). The maximum Gasteiger partial charge on any atom is 0.305 e. The second kappa shape index (κ2) is 12.0. The predicted molar refractivity (Wildman–Crippen MR) is 141 cm³/mol. The van der Waals surface area contributed by atoms with Gasteiger partial charge in [0.15, 0.2) is 0 Å². The van der Waals surface area contributed by atoms with E-state index in [0.29, 0.717) is 17.2 Å². The first-order chi connectivity index (χ1) is 17.9. The van der Waals surface area contributed by atoms with Crippen LogP contribution in [0.3, 0.4) is 0 Å². The molecule has 0 bridgehead atoms. The Balaban J connectivity index is 1.55. The van der Waals surface area contributed by atoms with Crippen LogP contribution in [0, 0.1) is 12.8 Å². The normalized spacial score (nSPS) is 14.7. The Kier molecular flexibility index (Phi) is 8.54. The molecule has 0 spiro atoms. The summed E-state index contributed by atoms with van der Waals surface area (Å²) in [5.74, 6) is 2.35. The maximum absolute atomic E-state index is 12.7. The number of benzene rings is 2. The van der Waals surface area contributed by atoms with Crippen LogP contribution in [-0.4, -0.2) is 42.6 Å². The first-order valence-electron chi connectivity index (χ1n) is 12.8. The Hall–Kier alpha value is -3.74. The van der Waals surface area contributed by atoms with Crippen molar-refractivity contribution in [3.8, 4) is 22.8 Å². The monoisotopic (exact) mass is 505 g/mol. The van der Waals surface area contributed by atoms with Crippen LogP contribution >= 0.6 is 0 Å². The van der Waals surface area contributed by atoms with E-state index >= 15 is 0 Å². The number of amides is 1. The van der Waals surface area contributed by atoms with Gasteiger partial charge in [0.25, 0.3) is 5.91 Å². The Morgan fingerprint density at radius 1 is 1.03 bits per heavy atom. The highest BCUT2D eigenvalue weighted by Gasteiger charge is 2.30. The summed E-state index contributed by atoms with van der Waals surface area (Å²) >= 11 is 0. The molecule has 1 aliphatic carbocycles. The number of carbonyl (C=O) groups is 2. The molecule has 1 aromatic heterocycles. The topological polar surface area (TPSA) is 89.2 Å². The van der Waals surface area contributed by atoms with Crippen molar-refractivity contribution in [1.29, 1.82) is 0 Å². The van der Waals surface area contributed by atoms with Crippen LogP contribution in [0.5, 0.6) is 11.5 Å². The van der Waals surface area contributed by atoms with Gasteiger partial charge in [0, 0.05) is 36.2 Å². The number of nitrogens with zero attached hydrogens (tertiary/aromatic N) is 1. The van der Waals surface area contributed by atoms with Gasteiger partial charge in [-0.25, -0.2) is 0 Å². The first-order valence-corrected chi connectivity index (χ1v) is 12.8. The number of rotatable bonds is 10. The Labute approximate surface area is 218 Å². The van der Waals surface area contributed by atoms with Crippen LogP contribution in [0.1, 0.15) is 66.3 Å². The fraction of sp³-hybridized carbons (Fsp3) is 0.400. The number of methoxy groups -OCH3 is 1. The molecule has 2 aromatic carbocycles. The molecule has 1 N–H and O–H groups in total. The van der Waals surface area contributed by atoms with Crippen molar-refractivity contribution in [1.82, 2.24) is 4.90 Å². The van der Waals surface area contributed by atoms with Crippen molar-refractivity contribution in [3.63, 3.8) is 0 Å². The van der Waals surface area contributed by atoms with Gasteiger partial charge in [-0.3, -0.25) is 9.59 Å². The molecule has 37 heavy (non-hydrogen) atoms. The van der Waals surface area contributed by atoms with Crippen LogP contribution in [-0.2, 0) is 4.79 Å². The minimum atomic E-state index is -0.929. The van der Waals surface area contributed by atoms with Crippen molar-refractivity contribution in [2.75, 3.05) is 20.7 Å². The van der Waals surface area contributed by atoms with Gasteiger partial charge >= 0.3 is 5.97 Å². The third kappa shape index (κ3) is 6.53. The molecule has 3 aromatic rings. The molecule has 0 aliphatic heterocycles. The summed E-state index contributed by atoms with van der Waals surface area (Å²) in [5, 5.41) is 8.88. The third-order valence-electron chi connectivity index (χ3n) is 7.09. The van der Waals surface area contributed by atoms with Crippen molar-refractivity contribution < 1.29 is 28.6 Å².